The SMILES string of the molecule is C#CC(CCC)NC(=O)/C=C/c1ccc([N+](=O)[O-])cc1. The number of hydrogen-bond donors (Lipinski definition) is 1. The molecule has 0 aliphatic rings. The van der Waals surface area contributed by atoms with Gasteiger partial charge in [-0.25, -0.2) is 0 Å². The first-order valence-electron chi connectivity index (χ1n) is 6.26. The van der Waals surface area contributed by atoms with Crippen LogP contribution in [0.2, 0.25) is 0 Å². The highest BCUT2D eigenvalue weighted by Crippen LogP contribution is 2.12. The van der Waals surface area contributed by atoms with Gasteiger partial charge in [-0.1, -0.05) is 19.3 Å². The van der Waals surface area contributed by atoms with Gasteiger partial charge in [0.1, 0.15) is 0 Å². The van der Waals surface area contributed by atoms with Crippen LogP contribution >= 0.6 is 0 Å². The Morgan fingerprint density at radius 2 is 2.15 bits per heavy atom. The molecule has 1 N–H and O–H groups in total. The second-order valence-electron chi connectivity index (χ2n) is 4.20. The minimum atomic E-state index is -0.470. The Morgan fingerprint density at radius 1 is 1.50 bits per heavy atom. The molecule has 1 aromatic carbocycles. The average molecular weight is 272 g/mol. The fraction of sp³-hybridized carbons (Fsp3) is 0.267. The number of carbonyl (C=O) groups is 1. The van der Waals surface area contributed by atoms with Crippen LogP contribution in [0.15, 0.2) is 30.3 Å². The van der Waals surface area contributed by atoms with E-state index >= 15 is 0 Å². The third-order valence-electron chi connectivity index (χ3n) is 2.63. The molecule has 0 fully saturated rings. The van der Waals surface area contributed by atoms with E-state index in [-0.39, 0.29) is 17.6 Å². The second-order valence-corrected chi connectivity index (χ2v) is 4.20. The highest BCUT2D eigenvalue weighted by atomic mass is 16.6. The first-order valence-corrected chi connectivity index (χ1v) is 6.26. The standard InChI is InChI=1S/C15H16N2O3/c1-3-5-13(4-2)16-15(18)11-8-12-6-9-14(10-7-12)17(19)20/h2,6-11,13H,3,5H2,1H3,(H,16,18)/b11-8+. The maximum Gasteiger partial charge on any atom is 0.269 e. The van der Waals surface area contributed by atoms with E-state index in [4.69, 9.17) is 6.42 Å². The molecule has 1 amide bonds. The minimum absolute atomic E-state index is 0.0157. The van der Waals surface area contributed by atoms with Gasteiger partial charge in [0.05, 0.1) is 11.0 Å². The summed E-state index contributed by atoms with van der Waals surface area (Å²) in [4.78, 5) is 21.7. The predicted molar refractivity (Wildman–Crippen MR) is 77.8 cm³/mol. The Morgan fingerprint density at radius 3 is 2.65 bits per heavy atom. The molecule has 104 valence electrons. The molecule has 1 unspecified atom stereocenters. The van der Waals surface area contributed by atoms with E-state index in [0.29, 0.717) is 5.56 Å². The van der Waals surface area contributed by atoms with Crippen LogP contribution in [0.5, 0.6) is 0 Å². The zero-order valence-corrected chi connectivity index (χ0v) is 11.2. The first-order chi connectivity index (χ1) is 9.56. The normalized spacial score (nSPS) is 11.8. The van der Waals surface area contributed by atoms with Crippen molar-refractivity contribution in [3.63, 3.8) is 0 Å². The van der Waals surface area contributed by atoms with E-state index in [2.05, 4.69) is 11.2 Å². The van der Waals surface area contributed by atoms with E-state index < -0.39 is 4.92 Å². The molecule has 1 atom stereocenters. The van der Waals surface area contributed by atoms with Gasteiger partial charge < -0.3 is 5.32 Å². The number of nitro benzene ring substituents is 1. The smallest absolute Gasteiger partial charge is 0.269 e. The lowest BCUT2D eigenvalue weighted by Gasteiger charge is -2.09. The molecule has 5 nitrogen and oxygen atoms in total. The fourth-order valence-corrected chi connectivity index (χ4v) is 1.58. The fourth-order valence-electron chi connectivity index (χ4n) is 1.58. The Labute approximate surface area is 117 Å². The number of amides is 1. The second kappa shape index (κ2) is 7.74. The van der Waals surface area contributed by atoms with E-state index in [9.17, 15) is 14.9 Å². The predicted octanol–water partition coefficient (Wildman–Crippen LogP) is 2.53. The molecule has 0 radical (unpaired) electrons. The lowest BCUT2D eigenvalue weighted by Crippen LogP contribution is -2.32. The van der Waals surface area contributed by atoms with Crippen molar-refractivity contribution in [3.05, 3.63) is 46.0 Å². The first kappa shape index (κ1) is 15.4. The monoisotopic (exact) mass is 272 g/mol. The number of terminal acetylenes is 1. The van der Waals surface area contributed by atoms with Gasteiger partial charge in [-0.2, -0.15) is 0 Å². The Bertz CT molecular complexity index is 541. The number of benzene rings is 1. The molecule has 0 bridgehead atoms. The van der Waals surface area contributed by atoms with Crippen LogP contribution in [0.1, 0.15) is 25.3 Å². The van der Waals surface area contributed by atoms with Crippen LogP contribution in [0, 0.1) is 22.5 Å². The highest BCUT2D eigenvalue weighted by Gasteiger charge is 2.06. The molecular weight excluding hydrogens is 256 g/mol. The lowest BCUT2D eigenvalue weighted by atomic mass is 10.1. The van der Waals surface area contributed by atoms with Crippen molar-refractivity contribution < 1.29 is 9.72 Å². The third-order valence-corrected chi connectivity index (χ3v) is 2.63. The van der Waals surface area contributed by atoms with E-state index in [1.807, 2.05) is 6.92 Å². The van der Waals surface area contributed by atoms with Gasteiger partial charge in [-0.3, -0.25) is 14.9 Å². The minimum Gasteiger partial charge on any atom is -0.339 e. The van der Waals surface area contributed by atoms with Crippen LogP contribution in [0.3, 0.4) is 0 Å². The molecule has 20 heavy (non-hydrogen) atoms. The van der Waals surface area contributed by atoms with Crippen molar-refractivity contribution in [2.75, 3.05) is 0 Å². The van der Waals surface area contributed by atoms with Crippen molar-refractivity contribution >= 4 is 17.7 Å². The highest BCUT2D eigenvalue weighted by molar-refractivity contribution is 5.92. The van der Waals surface area contributed by atoms with Gasteiger partial charge in [0.25, 0.3) is 5.69 Å². The van der Waals surface area contributed by atoms with Crippen molar-refractivity contribution in [2.45, 2.75) is 25.8 Å². The summed E-state index contributed by atoms with van der Waals surface area (Å²) < 4.78 is 0. The number of hydrogen-bond acceptors (Lipinski definition) is 3. The lowest BCUT2D eigenvalue weighted by molar-refractivity contribution is -0.384. The van der Waals surface area contributed by atoms with E-state index in [0.717, 1.165) is 12.8 Å². The summed E-state index contributed by atoms with van der Waals surface area (Å²) in [6.45, 7) is 1.99. The summed E-state index contributed by atoms with van der Waals surface area (Å²) in [5, 5.41) is 13.2. The quantitative estimate of drug-likeness (QED) is 0.374. The maximum atomic E-state index is 11.6. The van der Waals surface area contributed by atoms with Gasteiger partial charge in [-0.05, 0) is 30.2 Å². The Kier molecular flexibility index (Phi) is 5.98. The van der Waals surface area contributed by atoms with Gasteiger partial charge in [0, 0.05) is 18.2 Å². The molecule has 0 aromatic heterocycles. The Balaban J connectivity index is 2.61. The molecular formula is C15H16N2O3. The summed E-state index contributed by atoms with van der Waals surface area (Å²) >= 11 is 0. The Hall–Kier alpha value is -2.61. The summed E-state index contributed by atoms with van der Waals surface area (Å²) in [7, 11) is 0. The van der Waals surface area contributed by atoms with Crippen molar-refractivity contribution in [3.8, 4) is 12.3 Å². The van der Waals surface area contributed by atoms with Crippen molar-refractivity contribution in [1.29, 1.82) is 0 Å². The number of nitrogens with one attached hydrogen (secondary N) is 1. The summed E-state index contributed by atoms with van der Waals surface area (Å²) in [5.41, 5.74) is 0.723. The van der Waals surface area contributed by atoms with Crippen LogP contribution in [0.4, 0.5) is 5.69 Å². The van der Waals surface area contributed by atoms with Crippen molar-refractivity contribution in [2.24, 2.45) is 0 Å². The number of nitro groups is 1. The molecule has 0 aliphatic carbocycles. The molecule has 0 heterocycles. The molecule has 0 saturated carbocycles. The van der Waals surface area contributed by atoms with E-state index in [1.54, 1.807) is 18.2 Å². The van der Waals surface area contributed by atoms with Crippen LogP contribution in [-0.4, -0.2) is 16.9 Å². The zero-order chi connectivity index (χ0) is 15.0. The van der Waals surface area contributed by atoms with Gasteiger partial charge in [0.15, 0.2) is 0 Å². The van der Waals surface area contributed by atoms with Gasteiger partial charge in [0.2, 0.25) is 5.91 Å². The van der Waals surface area contributed by atoms with Gasteiger partial charge >= 0.3 is 0 Å². The van der Waals surface area contributed by atoms with Crippen LogP contribution in [-0.2, 0) is 4.79 Å². The van der Waals surface area contributed by atoms with E-state index in [1.165, 1.54) is 18.2 Å². The summed E-state index contributed by atoms with van der Waals surface area (Å²) in [6, 6.07) is 5.66. The third kappa shape index (κ3) is 4.94. The number of nitrogens with zero attached hydrogens (tertiary/aromatic N) is 1. The maximum absolute atomic E-state index is 11.6. The van der Waals surface area contributed by atoms with Crippen LogP contribution in [0.25, 0.3) is 6.08 Å². The van der Waals surface area contributed by atoms with Crippen molar-refractivity contribution in [1.82, 2.24) is 5.32 Å². The number of rotatable bonds is 6. The molecule has 0 saturated heterocycles. The van der Waals surface area contributed by atoms with Crippen LogP contribution < -0.4 is 5.32 Å². The topological polar surface area (TPSA) is 72.2 Å². The number of non-ortho nitro benzene ring substituents is 1. The number of carbonyl (C=O) groups excluding carboxylic acids is 1. The zero-order valence-electron chi connectivity index (χ0n) is 11.2. The molecule has 1 aromatic rings. The summed E-state index contributed by atoms with van der Waals surface area (Å²) in [5.74, 6) is 2.23. The largest absolute Gasteiger partial charge is 0.339 e. The molecule has 5 heteroatoms. The molecule has 0 spiro atoms. The van der Waals surface area contributed by atoms with Gasteiger partial charge in [-0.15, -0.1) is 6.42 Å². The molecule has 0 aliphatic heterocycles. The molecule has 1 rings (SSSR count). The summed E-state index contributed by atoms with van der Waals surface area (Å²) in [6.07, 6.45) is 9.87. The average Bonchev–Trinajstić information content (AvgIpc) is 2.45.